The van der Waals surface area contributed by atoms with Crippen molar-refractivity contribution < 1.29 is 19.1 Å². The Labute approximate surface area is 215 Å². The van der Waals surface area contributed by atoms with Crippen molar-refractivity contribution in [1.29, 1.82) is 0 Å². The SMILES string of the molecule is COc1ccc(CCN2CC(C(=O)Nc3c(-c4ccccc4)nc4ccc(C)cn34)CC2=O)cc1OC. The van der Waals surface area contributed by atoms with E-state index in [-0.39, 0.29) is 18.2 Å². The number of hydrogen-bond acceptors (Lipinski definition) is 5. The predicted octanol–water partition coefficient (Wildman–Crippen LogP) is 4.36. The molecule has 1 saturated heterocycles. The van der Waals surface area contributed by atoms with E-state index in [2.05, 4.69) is 5.32 Å². The fourth-order valence-corrected chi connectivity index (χ4v) is 4.75. The zero-order valence-electron chi connectivity index (χ0n) is 21.2. The van der Waals surface area contributed by atoms with Gasteiger partial charge in [-0.25, -0.2) is 4.98 Å². The third-order valence-electron chi connectivity index (χ3n) is 6.76. The molecule has 2 aromatic carbocycles. The number of nitrogens with zero attached hydrogens (tertiary/aromatic N) is 3. The molecule has 1 aliphatic rings. The van der Waals surface area contributed by atoms with Crippen LogP contribution in [-0.4, -0.2) is 53.4 Å². The minimum absolute atomic E-state index is 0.0158. The molecule has 1 atom stereocenters. The summed E-state index contributed by atoms with van der Waals surface area (Å²) in [5.41, 5.74) is 4.45. The number of pyridine rings is 1. The number of rotatable bonds is 8. The Bertz CT molecular complexity index is 1450. The van der Waals surface area contributed by atoms with E-state index in [0.717, 1.165) is 22.3 Å². The van der Waals surface area contributed by atoms with Crippen molar-refractivity contribution >= 4 is 23.3 Å². The molecule has 0 saturated carbocycles. The van der Waals surface area contributed by atoms with Crippen LogP contribution in [0.5, 0.6) is 11.5 Å². The summed E-state index contributed by atoms with van der Waals surface area (Å²) in [6.07, 6.45) is 2.80. The molecule has 0 bridgehead atoms. The molecule has 2 amide bonds. The number of carbonyl (C=O) groups is 2. The standard InChI is InChI=1S/C29H30N4O4/c1-19-9-12-25-30-27(21-7-5-4-6-8-21)28(33(25)17-19)31-29(35)22-16-26(34)32(18-22)14-13-20-10-11-23(36-2)24(15-20)37-3/h4-12,15,17,22H,13-14,16,18H2,1-3H3,(H,31,35). The van der Waals surface area contributed by atoms with E-state index in [1.54, 1.807) is 19.1 Å². The van der Waals surface area contributed by atoms with Gasteiger partial charge < -0.3 is 19.7 Å². The van der Waals surface area contributed by atoms with Gasteiger partial charge in [0.15, 0.2) is 11.5 Å². The maximum absolute atomic E-state index is 13.4. The van der Waals surface area contributed by atoms with E-state index in [0.29, 0.717) is 42.5 Å². The van der Waals surface area contributed by atoms with Crippen LogP contribution in [0.3, 0.4) is 0 Å². The number of fused-ring (bicyclic) bond motifs is 1. The number of anilines is 1. The van der Waals surface area contributed by atoms with E-state index in [9.17, 15) is 9.59 Å². The quantitative estimate of drug-likeness (QED) is 0.390. The summed E-state index contributed by atoms with van der Waals surface area (Å²) in [6, 6.07) is 19.5. The first-order valence-electron chi connectivity index (χ1n) is 12.3. The average Bonchev–Trinajstić information content (AvgIpc) is 3.47. The van der Waals surface area contributed by atoms with E-state index in [1.807, 2.05) is 78.2 Å². The topological polar surface area (TPSA) is 85.2 Å². The molecule has 0 radical (unpaired) electrons. The molecule has 1 N–H and O–H groups in total. The fourth-order valence-electron chi connectivity index (χ4n) is 4.75. The monoisotopic (exact) mass is 498 g/mol. The number of likely N-dealkylation sites (tertiary alicyclic amines) is 1. The van der Waals surface area contributed by atoms with Gasteiger partial charge in [-0.15, -0.1) is 0 Å². The molecular weight excluding hydrogens is 468 g/mol. The minimum atomic E-state index is -0.433. The van der Waals surface area contributed by atoms with Gasteiger partial charge in [-0.1, -0.05) is 42.5 Å². The smallest absolute Gasteiger partial charge is 0.230 e. The number of ether oxygens (including phenoxy) is 2. The molecule has 0 spiro atoms. The van der Waals surface area contributed by atoms with Gasteiger partial charge in [0, 0.05) is 31.3 Å². The molecule has 5 rings (SSSR count). The summed E-state index contributed by atoms with van der Waals surface area (Å²) in [5.74, 6) is 1.31. The first-order chi connectivity index (χ1) is 18.0. The Kier molecular flexibility index (Phi) is 6.81. The number of aromatic nitrogens is 2. The second kappa shape index (κ2) is 10.3. The summed E-state index contributed by atoms with van der Waals surface area (Å²) in [6.45, 7) is 2.91. The normalized spacial score (nSPS) is 15.3. The summed E-state index contributed by atoms with van der Waals surface area (Å²) < 4.78 is 12.6. The molecule has 8 heteroatoms. The zero-order chi connectivity index (χ0) is 25.9. The number of carbonyl (C=O) groups excluding carboxylic acids is 2. The van der Waals surface area contributed by atoms with Crippen molar-refractivity contribution in [2.75, 3.05) is 32.6 Å². The van der Waals surface area contributed by atoms with Crippen LogP contribution in [0, 0.1) is 12.8 Å². The lowest BCUT2D eigenvalue weighted by molar-refractivity contribution is -0.128. The molecule has 1 aliphatic heterocycles. The van der Waals surface area contributed by atoms with Gasteiger partial charge in [-0.3, -0.25) is 14.0 Å². The number of methoxy groups -OCH3 is 2. The molecule has 0 aliphatic carbocycles. The summed E-state index contributed by atoms with van der Waals surface area (Å²) in [5, 5.41) is 3.10. The fraction of sp³-hybridized carbons (Fsp3) is 0.276. The Balaban J connectivity index is 1.31. The highest BCUT2D eigenvalue weighted by Gasteiger charge is 2.35. The average molecular weight is 499 g/mol. The van der Waals surface area contributed by atoms with Crippen LogP contribution in [0.15, 0.2) is 66.9 Å². The van der Waals surface area contributed by atoms with Crippen molar-refractivity contribution in [3.05, 3.63) is 78.0 Å². The minimum Gasteiger partial charge on any atom is -0.493 e. The lowest BCUT2D eigenvalue weighted by Crippen LogP contribution is -2.30. The highest BCUT2D eigenvalue weighted by molar-refractivity contribution is 5.99. The van der Waals surface area contributed by atoms with E-state index in [4.69, 9.17) is 14.5 Å². The summed E-state index contributed by atoms with van der Waals surface area (Å²) in [7, 11) is 3.20. The molecule has 8 nitrogen and oxygen atoms in total. The first kappa shape index (κ1) is 24.4. The second-order valence-corrected chi connectivity index (χ2v) is 9.28. The third kappa shape index (κ3) is 5.00. The number of aryl methyl sites for hydroxylation is 1. The summed E-state index contributed by atoms with van der Waals surface area (Å²) in [4.78, 5) is 32.7. The highest BCUT2D eigenvalue weighted by atomic mass is 16.5. The van der Waals surface area contributed by atoms with Crippen LogP contribution in [0.2, 0.25) is 0 Å². The van der Waals surface area contributed by atoms with Gasteiger partial charge in [0.1, 0.15) is 17.2 Å². The van der Waals surface area contributed by atoms with Crippen molar-refractivity contribution in [3.8, 4) is 22.8 Å². The highest BCUT2D eigenvalue weighted by Crippen LogP contribution is 2.31. The molecule has 2 aromatic heterocycles. The molecule has 190 valence electrons. The molecule has 1 fully saturated rings. The van der Waals surface area contributed by atoms with Crippen molar-refractivity contribution in [2.24, 2.45) is 5.92 Å². The maximum Gasteiger partial charge on any atom is 0.230 e. The summed E-state index contributed by atoms with van der Waals surface area (Å²) >= 11 is 0. The predicted molar refractivity (Wildman–Crippen MR) is 142 cm³/mol. The Hall–Kier alpha value is -4.33. The van der Waals surface area contributed by atoms with Gasteiger partial charge >= 0.3 is 0 Å². The van der Waals surface area contributed by atoms with Gasteiger partial charge in [-0.2, -0.15) is 0 Å². The third-order valence-corrected chi connectivity index (χ3v) is 6.76. The number of nitrogens with one attached hydrogen (secondary N) is 1. The number of amides is 2. The Morgan fingerprint density at radius 3 is 2.59 bits per heavy atom. The molecular formula is C29H30N4O4. The van der Waals surface area contributed by atoms with Gasteiger partial charge in [-0.05, 0) is 42.7 Å². The van der Waals surface area contributed by atoms with Crippen LogP contribution in [0.25, 0.3) is 16.9 Å². The van der Waals surface area contributed by atoms with E-state index >= 15 is 0 Å². The lowest BCUT2D eigenvalue weighted by atomic mass is 10.1. The van der Waals surface area contributed by atoms with Crippen LogP contribution < -0.4 is 14.8 Å². The Morgan fingerprint density at radius 2 is 1.84 bits per heavy atom. The van der Waals surface area contributed by atoms with Crippen LogP contribution in [0.4, 0.5) is 5.82 Å². The number of imidazole rings is 1. The zero-order valence-corrected chi connectivity index (χ0v) is 21.2. The van der Waals surface area contributed by atoms with Gasteiger partial charge in [0.25, 0.3) is 0 Å². The first-order valence-corrected chi connectivity index (χ1v) is 12.3. The van der Waals surface area contributed by atoms with Crippen molar-refractivity contribution in [1.82, 2.24) is 14.3 Å². The van der Waals surface area contributed by atoms with E-state index in [1.165, 1.54) is 0 Å². The van der Waals surface area contributed by atoms with Crippen LogP contribution in [0.1, 0.15) is 17.5 Å². The number of hydrogen-bond donors (Lipinski definition) is 1. The molecule has 37 heavy (non-hydrogen) atoms. The van der Waals surface area contributed by atoms with Crippen molar-refractivity contribution in [3.63, 3.8) is 0 Å². The Morgan fingerprint density at radius 1 is 1.05 bits per heavy atom. The molecule has 1 unspecified atom stereocenters. The van der Waals surface area contributed by atoms with E-state index < -0.39 is 5.92 Å². The maximum atomic E-state index is 13.4. The van der Waals surface area contributed by atoms with Crippen molar-refractivity contribution in [2.45, 2.75) is 19.8 Å². The number of benzene rings is 2. The molecule has 3 heterocycles. The largest absolute Gasteiger partial charge is 0.493 e. The van der Waals surface area contributed by atoms with Gasteiger partial charge in [0.2, 0.25) is 11.8 Å². The molecule has 4 aromatic rings. The van der Waals surface area contributed by atoms with Crippen LogP contribution in [-0.2, 0) is 16.0 Å². The lowest BCUT2D eigenvalue weighted by Gasteiger charge is -2.17. The van der Waals surface area contributed by atoms with Crippen LogP contribution >= 0.6 is 0 Å². The second-order valence-electron chi connectivity index (χ2n) is 9.28. The van der Waals surface area contributed by atoms with Gasteiger partial charge in [0.05, 0.1) is 20.1 Å².